The van der Waals surface area contributed by atoms with Crippen molar-refractivity contribution in [3.05, 3.63) is 17.5 Å². The van der Waals surface area contributed by atoms with E-state index >= 15 is 0 Å². The molecule has 1 aliphatic heterocycles. The number of rotatable bonds is 2. The Kier molecular flexibility index (Phi) is 3.38. The van der Waals surface area contributed by atoms with Gasteiger partial charge >= 0.3 is 0 Å². The van der Waals surface area contributed by atoms with Gasteiger partial charge in [-0.15, -0.1) is 0 Å². The average Bonchev–Trinajstić information content (AvgIpc) is 2.29. The summed E-state index contributed by atoms with van der Waals surface area (Å²) in [7, 11) is 1.77. The van der Waals surface area contributed by atoms with Gasteiger partial charge in [-0.2, -0.15) is 0 Å². The van der Waals surface area contributed by atoms with Gasteiger partial charge in [-0.05, 0) is 30.5 Å². The van der Waals surface area contributed by atoms with Crippen molar-refractivity contribution in [2.75, 3.05) is 25.1 Å². The van der Waals surface area contributed by atoms with E-state index in [1.165, 1.54) is 0 Å². The van der Waals surface area contributed by atoms with Crippen molar-refractivity contribution in [2.24, 2.45) is 0 Å². The van der Waals surface area contributed by atoms with Crippen LogP contribution in [0.15, 0.2) is 12.3 Å². The quantitative estimate of drug-likeness (QED) is 0.722. The Morgan fingerprint density at radius 2 is 2.20 bits per heavy atom. The molecule has 0 spiro atoms. The van der Waals surface area contributed by atoms with Gasteiger partial charge in [0.05, 0.1) is 6.10 Å². The van der Waals surface area contributed by atoms with Crippen LogP contribution in [-0.4, -0.2) is 36.3 Å². The zero-order valence-corrected chi connectivity index (χ0v) is 9.44. The van der Waals surface area contributed by atoms with E-state index in [-0.39, 0.29) is 0 Å². The van der Waals surface area contributed by atoms with Gasteiger partial charge in [0.15, 0.2) is 0 Å². The normalized spacial score (nSPS) is 18.1. The van der Waals surface area contributed by atoms with E-state index in [1.807, 2.05) is 6.07 Å². The Labute approximate surface area is 94.2 Å². The van der Waals surface area contributed by atoms with Crippen LogP contribution in [0.1, 0.15) is 12.8 Å². The van der Waals surface area contributed by atoms with Crippen molar-refractivity contribution in [1.29, 1.82) is 0 Å². The highest BCUT2D eigenvalue weighted by Gasteiger charge is 2.19. The molecule has 1 aromatic rings. The van der Waals surface area contributed by atoms with E-state index in [0.29, 0.717) is 11.4 Å². The maximum absolute atomic E-state index is 5.75. The molecule has 0 amide bonds. The van der Waals surface area contributed by atoms with Gasteiger partial charge in [-0.3, -0.25) is 0 Å². The van der Waals surface area contributed by atoms with Gasteiger partial charge in [0.25, 0.3) is 0 Å². The molecule has 0 bridgehead atoms. The highest BCUT2D eigenvalue weighted by Crippen LogP contribution is 2.19. The summed E-state index contributed by atoms with van der Waals surface area (Å²) in [5.74, 6) is 0.907. The molecule has 2 rings (SSSR count). The molecule has 0 aromatic carbocycles. The average molecular weight is 228 g/mol. The number of halogens is 1. The monoisotopic (exact) mass is 227 g/mol. The minimum atomic E-state index is 0.307. The molecule has 0 aliphatic carbocycles. The fraction of sp³-hybridized carbons (Fsp3) is 0.600. The number of anilines is 1. The number of nitrogens with zero attached hydrogens (tertiary/aromatic N) is 3. The van der Waals surface area contributed by atoms with E-state index in [1.54, 1.807) is 13.3 Å². The number of hydrogen-bond donors (Lipinski definition) is 0. The summed E-state index contributed by atoms with van der Waals surface area (Å²) in [4.78, 5) is 10.3. The number of piperidine rings is 1. The van der Waals surface area contributed by atoms with Gasteiger partial charge in [-0.1, -0.05) is 0 Å². The van der Waals surface area contributed by atoms with Gasteiger partial charge in [0.2, 0.25) is 5.28 Å². The maximum atomic E-state index is 5.75. The van der Waals surface area contributed by atoms with Crippen molar-refractivity contribution in [1.82, 2.24) is 9.97 Å². The van der Waals surface area contributed by atoms with Crippen molar-refractivity contribution in [2.45, 2.75) is 18.9 Å². The van der Waals surface area contributed by atoms with Crippen molar-refractivity contribution in [3.8, 4) is 0 Å². The van der Waals surface area contributed by atoms with Crippen LogP contribution in [0.4, 0.5) is 5.82 Å². The predicted molar refractivity (Wildman–Crippen MR) is 59.3 cm³/mol. The molecule has 15 heavy (non-hydrogen) atoms. The Hall–Kier alpha value is -0.870. The highest BCUT2D eigenvalue weighted by atomic mass is 35.5. The molecule has 0 N–H and O–H groups in total. The first-order valence-corrected chi connectivity index (χ1v) is 5.43. The van der Waals surface area contributed by atoms with Crippen molar-refractivity contribution in [3.63, 3.8) is 0 Å². The molecule has 0 unspecified atom stereocenters. The van der Waals surface area contributed by atoms with Crippen LogP contribution in [0.2, 0.25) is 5.28 Å². The fourth-order valence-electron chi connectivity index (χ4n) is 1.82. The van der Waals surface area contributed by atoms with Gasteiger partial charge in [0, 0.05) is 26.4 Å². The van der Waals surface area contributed by atoms with E-state index < -0.39 is 0 Å². The second-order valence-corrected chi connectivity index (χ2v) is 3.94. The smallest absolute Gasteiger partial charge is 0.224 e. The number of aromatic nitrogens is 2. The summed E-state index contributed by atoms with van der Waals surface area (Å²) in [6, 6.07) is 1.89. The van der Waals surface area contributed by atoms with E-state index in [4.69, 9.17) is 16.3 Å². The third-order valence-corrected chi connectivity index (χ3v) is 2.89. The molecule has 0 atom stereocenters. The molecule has 1 fully saturated rings. The molecule has 0 radical (unpaired) electrons. The van der Waals surface area contributed by atoms with Crippen LogP contribution < -0.4 is 4.90 Å². The first-order chi connectivity index (χ1) is 7.29. The zero-order chi connectivity index (χ0) is 10.7. The summed E-state index contributed by atoms with van der Waals surface area (Å²) in [6.07, 6.45) is 4.15. The molecule has 5 heteroatoms. The third-order valence-electron chi connectivity index (χ3n) is 2.71. The standard InChI is InChI=1S/C10H14ClN3O/c1-15-8-3-6-14(7-4-8)9-2-5-12-10(11)13-9/h2,5,8H,3-4,6-7H2,1H3. The Bertz CT molecular complexity index is 326. The first kappa shape index (κ1) is 10.6. The van der Waals surface area contributed by atoms with E-state index in [9.17, 15) is 0 Å². The second kappa shape index (κ2) is 4.77. The lowest BCUT2D eigenvalue weighted by atomic mass is 10.1. The van der Waals surface area contributed by atoms with Crippen LogP contribution in [0.5, 0.6) is 0 Å². The lowest BCUT2D eigenvalue weighted by Crippen LogP contribution is -2.37. The van der Waals surface area contributed by atoms with Crippen LogP contribution >= 0.6 is 11.6 Å². The molecule has 1 saturated heterocycles. The van der Waals surface area contributed by atoms with Crippen LogP contribution in [0.25, 0.3) is 0 Å². The second-order valence-electron chi connectivity index (χ2n) is 3.61. The lowest BCUT2D eigenvalue weighted by Gasteiger charge is -2.31. The summed E-state index contributed by atoms with van der Waals surface area (Å²) in [6.45, 7) is 1.93. The molecule has 82 valence electrons. The maximum Gasteiger partial charge on any atom is 0.224 e. The Morgan fingerprint density at radius 3 is 2.80 bits per heavy atom. The molecule has 1 aromatic heterocycles. The lowest BCUT2D eigenvalue weighted by molar-refractivity contribution is 0.0818. The zero-order valence-electron chi connectivity index (χ0n) is 8.69. The summed E-state index contributed by atoms with van der Waals surface area (Å²) in [5, 5.41) is 0.307. The fourth-order valence-corrected chi connectivity index (χ4v) is 1.97. The molecule has 2 heterocycles. The van der Waals surface area contributed by atoms with E-state index in [2.05, 4.69) is 14.9 Å². The minimum absolute atomic E-state index is 0.307. The Balaban J connectivity index is 2.01. The molecule has 0 saturated carbocycles. The number of hydrogen-bond acceptors (Lipinski definition) is 4. The first-order valence-electron chi connectivity index (χ1n) is 5.06. The minimum Gasteiger partial charge on any atom is -0.381 e. The molecule has 1 aliphatic rings. The number of methoxy groups -OCH3 is 1. The topological polar surface area (TPSA) is 38.2 Å². The van der Waals surface area contributed by atoms with E-state index in [0.717, 1.165) is 31.7 Å². The molecule has 4 nitrogen and oxygen atoms in total. The van der Waals surface area contributed by atoms with Gasteiger partial charge in [-0.25, -0.2) is 9.97 Å². The third kappa shape index (κ3) is 2.58. The summed E-state index contributed by atoms with van der Waals surface area (Å²) in [5.41, 5.74) is 0. The number of ether oxygens (including phenoxy) is 1. The molecular weight excluding hydrogens is 214 g/mol. The predicted octanol–water partition coefficient (Wildman–Crippen LogP) is 1.75. The highest BCUT2D eigenvalue weighted by molar-refractivity contribution is 6.28. The van der Waals surface area contributed by atoms with Gasteiger partial charge in [0.1, 0.15) is 5.82 Å². The van der Waals surface area contributed by atoms with Crippen LogP contribution in [0.3, 0.4) is 0 Å². The SMILES string of the molecule is COC1CCN(c2ccnc(Cl)n2)CC1. The molecular formula is C10H14ClN3O. The van der Waals surface area contributed by atoms with Crippen molar-refractivity contribution >= 4 is 17.4 Å². The van der Waals surface area contributed by atoms with Gasteiger partial charge < -0.3 is 9.64 Å². The van der Waals surface area contributed by atoms with Crippen LogP contribution in [0, 0.1) is 0 Å². The largest absolute Gasteiger partial charge is 0.381 e. The van der Waals surface area contributed by atoms with Crippen molar-refractivity contribution < 1.29 is 4.74 Å². The summed E-state index contributed by atoms with van der Waals surface area (Å²) < 4.78 is 5.31. The van der Waals surface area contributed by atoms with Crippen LogP contribution in [-0.2, 0) is 4.74 Å². The Morgan fingerprint density at radius 1 is 1.47 bits per heavy atom. The summed E-state index contributed by atoms with van der Waals surface area (Å²) >= 11 is 5.75.